The van der Waals surface area contributed by atoms with Gasteiger partial charge in [0, 0.05) is 45.1 Å². The minimum atomic E-state index is -2.47. The van der Waals surface area contributed by atoms with Crippen molar-refractivity contribution in [2.45, 2.75) is 13.1 Å². The lowest BCUT2D eigenvalue weighted by Crippen LogP contribution is -2.49. The van der Waals surface area contributed by atoms with E-state index in [9.17, 15) is 0 Å². The standard InChI is InChI=1S/C40H32N2OSi/c1-44(2)38-26-24-34(42(31-19-11-5-12-20-31)32-21-13-6-14-22-32)28-36(38)39-40(44)35-27-33(23-25-37(35)43-39)41(29-15-7-3-8-16-29)30-17-9-4-10-18-30/h3-28H,1-2H3/i3D,5D,7D,8D,11D,12D,15D,16D,19D,20D. The summed E-state index contributed by atoms with van der Waals surface area (Å²) in [5.41, 5.74) is 3.95. The van der Waals surface area contributed by atoms with Crippen molar-refractivity contribution in [2.24, 2.45) is 0 Å². The normalized spacial score (nSPS) is 16.1. The highest BCUT2D eigenvalue weighted by atomic mass is 28.3. The Morgan fingerprint density at radius 3 is 1.64 bits per heavy atom. The molecule has 0 atom stereocenters. The summed E-state index contributed by atoms with van der Waals surface area (Å²) >= 11 is 0. The second-order valence-corrected chi connectivity index (χ2v) is 15.4. The van der Waals surface area contributed by atoms with Crippen molar-refractivity contribution in [2.75, 3.05) is 9.80 Å². The van der Waals surface area contributed by atoms with Gasteiger partial charge >= 0.3 is 0 Å². The number of hydrogen-bond acceptors (Lipinski definition) is 3. The summed E-state index contributed by atoms with van der Waals surface area (Å²) in [6, 6.07) is 25.9. The average molecular weight is 595 g/mol. The summed E-state index contributed by atoms with van der Waals surface area (Å²) in [6.45, 7) is 4.46. The summed E-state index contributed by atoms with van der Waals surface area (Å²) in [4.78, 5) is 3.37. The topological polar surface area (TPSA) is 19.6 Å². The number of nitrogens with zero attached hydrogens (tertiary/aromatic N) is 2. The highest BCUT2D eigenvalue weighted by Crippen LogP contribution is 2.42. The van der Waals surface area contributed by atoms with Crippen LogP contribution in [0.3, 0.4) is 0 Å². The molecule has 0 N–H and O–H groups in total. The molecule has 7 aromatic rings. The first kappa shape index (κ1) is 17.7. The lowest BCUT2D eigenvalue weighted by molar-refractivity contribution is 0.635. The molecule has 1 aliphatic rings. The Kier molecular flexibility index (Phi) is 4.20. The lowest BCUT2D eigenvalue weighted by atomic mass is 10.1. The molecule has 1 aliphatic heterocycles. The molecule has 4 heteroatoms. The van der Waals surface area contributed by atoms with E-state index < -0.39 is 44.3 Å². The number of rotatable bonds is 6. The zero-order chi connectivity index (χ0) is 38.4. The van der Waals surface area contributed by atoms with Crippen molar-refractivity contribution in [3.63, 3.8) is 0 Å². The van der Waals surface area contributed by atoms with Gasteiger partial charge in [0.25, 0.3) is 0 Å². The van der Waals surface area contributed by atoms with Crippen LogP contribution in [0.2, 0.25) is 13.1 Å². The molecule has 0 saturated heterocycles. The molecule has 1 aromatic heterocycles. The fourth-order valence-electron chi connectivity index (χ4n) is 6.25. The van der Waals surface area contributed by atoms with Gasteiger partial charge in [0.1, 0.15) is 19.4 Å². The zero-order valence-electron chi connectivity index (χ0n) is 34.0. The molecule has 0 amide bonds. The van der Waals surface area contributed by atoms with Crippen LogP contribution in [0.1, 0.15) is 13.7 Å². The first-order valence-corrected chi connectivity index (χ1v) is 17.3. The fourth-order valence-corrected chi connectivity index (χ4v) is 9.50. The molecule has 0 saturated carbocycles. The Hall–Kier alpha value is -5.32. The van der Waals surface area contributed by atoms with E-state index in [0.29, 0.717) is 34.1 Å². The van der Waals surface area contributed by atoms with E-state index in [1.165, 1.54) is 0 Å². The Balaban J connectivity index is 1.33. The maximum atomic E-state index is 8.83. The minimum absolute atomic E-state index is 0.0322. The number of hydrogen-bond donors (Lipinski definition) is 0. The predicted molar refractivity (Wildman–Crippen MR) is 188 cm³/mol. The minimum Gasteiger partial charge on any atom is -0.456 e. The maximum absolute atomic E-state index is 8.83. The third-order valence-corrected chi connectivity index (χ3v) is 11.7. The molecule has 8 rings (SSSR count). The molecule has 0 fully saturated rings. The van der Waals surface area contributed by atoms with Crippen LogP contribution < -0.4 is 20.2 Å². The zero-order valence-corrected chi connectivity index (χ0v) is 25.0. The Labute approximate surface area is 273 Å². The molecular weight excluding hydrogens is 553 g/mol. The van der Waals surface area contributed by atoms with Gasteiger partial charge in [0.05, 0.1) is 13.7 Å². The van der Waals surface area contributed by atoms with Crippen LogP contribution in [0.4, 0.5) is 34.1 Å². The van der Waals surface area contributed by atoms with Crippen molar-refractivity contribution in [3.8, 4) is 11.3 Å². The summed E-state index contributed by atoms with van der Waals surface area (Å²) < 4.78 is 91.9. The maximum Gasteiger partial charge on any atom is 0.135 e. The second kappa shape index (κ2) is 10.4. The smallest absolute Gasteiger partial charge is 0.135 e. The number of fused-ring (bicyclic) bond motifs is 5. The summed E-state index contributed by atoms with van der Waals surface area (Å²) in [5, 5.41) is 2.98. The number of para-hydroxylation sites is 4. The molecule has 44 heavy (non-hydrogen) atoms. The van der Waals surface area contributed by atoms with Gasteiger partial charge < -0.3 is 14.2 Å². The van der Waals surface area contributed by atoms with E-state index in [0.717, 1.165) is 21.3 Å². The molecule has 212 valence electrons. The number of furan rings is 1. The van der Waals surface area contributed by atoms with Gasteiger partial charge in [-0.05, 0) is 89.1 Å². The molecular formula is C40H32N2OSi. The third kappa shape index (κ3) is 4.26. The van der Waals surface area contributed by atoms with E-state index in [-0.39, 0.29) is 35.5 Å². The predicted octanol–water partition coefficient (Wildman–Crippen LogP) is 10.2. The fraction of sp³-hybridized carbons (Fsp3) is 0.0500. The molecule has 0 aliphatic carbocycles. The summed E-state index contributed by atoms with van der Waals surface area (Å²) in [6.07, 6.45) is 0. The first-order valence-electron chi connectivity index (χ1n) is 19.3. The largest absolute Gasteiger partial charge is 0.456 e. The Bertz CT molecular complexity index is 2610. The van der Waals surface area contributed by atoms with Crippen LogP contribution in [-0.4, -0.2) is 8.07 Å². The number of anilines is 6. The average Bonchev–Trinajstić information content (AvgIpc) is 3.67. The quantitative estimate of drug-likeness (QED) is 0.179. The van der Waals surface area contributed by atoms with E-state index in [2.05, 4.69) is 13.1 Å². The van der Waals surface area contributed by atoms with Crippen molar-refractivity contribution < 1.29 is 18.1 Å². The van der Waals surface area contributed by atoms with Crippen molar-refractivity contribution in [1.29, 1.82) is 0 Å². The van der Waals surface area contributed by atoms with Crippen LogP contribution in [0, 0.1) is 0 Å². The highest BCUT2D eigenvalue weighted by molar-refractivity contribution is 7.05. The molecule has 2 heterocycles. The van der Waals surface area contributed by atoms with Gasteiger partial charge in [-0.3, -0.25) is 0 Å². The van der Waals surface area contributed by atoms with Gasteiger partial charge in [-0.2, -0.15) is 0 Å². The van der Waals surface area contributed by atoms with Crippen LogP contribution in [-0.2, 0) is 0 Å². The van der Waals surface area contributed by atoms with E-state index in [1.54, 1.807) is 9.80 Å². The molecule has 3 nitrogen and oxygen atoms in total. The molecule has 0 radical (unpaired) electrons. The van der Waals surface area contributed by atoms with Crippen LogP contribution >= 0.6 is 0 Å². The van der Waals surface area contributed by atoms with Gasteiger partial charge in [-0.1, -0.05) is 91.8 Å². The second-order valence-electron chi connectivity index (χ2n) is 11.1. The van der Waals surface area contributed by atoms with E-state index >= 15 is 0 Å². The van der Waals surface area contributed by atoms with E-state index in [4.69, 9.17) is 18.1 Å². The first-order chi connectivity index (χ1) is 25.7. The number of benzene rings is 6. The highest BCUT2D eigenvalue weighted by Gasteiger charge is 2.42. The molecule has 0 unspecified atom stereocenters. The van der Waals surface area contributed by atoms with Crippen LogP contribution in [0.15, 0.2) is 162 Å². The SMILES string of the molecule is [2H]c1c([2H])c([2H])c(N(c2ccccc2)c2ccc3c(c2)-c2oc4ccc(N(c5ccccc5)c5c([2H])c([2H])c([2H])c([2H])c5[2H])cc4c2[Si]3(C)C)c([2H])c1[2H]. The molecule has 0 spiro atoms. The van der Waals surface area contributed by atoms with Crippen molar-refractivity contribution >= 4 is 63.5 Å². The Morgan fingerprint density at radius 2 is 1.07 bits per heavy atom. The van der Waals surface area contributed by atoms with Gasteiger partial charge in [-0.15, -0.1) is 0 Å². The Morgan fingerprint density at radius 1 is 0.545 bits per heavy atom. The van der Waals surface area contributed by atoms with Crippen molar-refractivity contribution in [1.82, 2.24) is 0 Å². The van der Waals surface area contributed by atoms with Gasteiger partial charge in [0.15, 0.2) is 0 Å². The summed E-state index contributed by atoms with van der Waals surface area (Å²) in [5.74, 6) is 0.679. The monoisotopic (exact) mass is 594 g/mol. The molecule has 0 bridgehead atoms. The van der Waals surface area contributed by atoms with Gasteiger partial charge in [-0.25, -0.2) is 0 Å². The lowest BCUT2D eigenvalue weighted by Gasteiger charge is -2.27. The molecule has 6 aromatic carbocycles. The summed E-state index contributed by atoms with van der Waals surface area (Å²) in [7, 11) is -2.47. The van der Waals surface area contributed by atoms with Crippen molar-refractivity contribution in [3.05, 3.63) is 157 Å². The van der Waals surface area contributed by atoms with Gasteiger partial charge in [0.2, 0.25) is 0 Å². The van der Waals surface area contributed by atoms with Crippen LogP contribution in [0.5, 0.6) is 0 Å². The third-order valence-electron chi connectivity index (χ3n) is 8.18. The van der Waals surface area contributed by atoms with E-state index in [1.807, 2.05) is 97.1 Å². The van der Waals surface area contributed by atoms with Crippen LogP contribution in [0.25, 0.3) is 22.3 Å².